The monoisotopic (exact) mass is 432 g/mol. The van der Waals surface area contributed by atoms with E-state index in [9.17, 15) is 23.9 Å². The summed E-state index contributed by atoms with van der Waals surface area (Å²) in [5, 5.41) is 11.2. The maximum atomic E-state index is 13.5. The maximum absolute atomic E-state index is 13.5. The van der Waals surface area contributed by atoms with Gasteiger partial charge >= 0.3 is 5.97 Å². The number of hydrogen-bond acceptors (Lipinski definition) is 5. The number of hydroxylamine groups is 1. The van der Waals surface area contributed by atoms with E-state index in [4.69, 9.17) is 4.84 Å². The van der Waals surface area contributed by atoms with Crippen molar-refractivity contribution in [3.63, 3.8) is 0 Å². The first-order valence-corrected chi connectivity index (χ1v) is 9.94. The smallest absolute Gasteiger partial charge is 0.336 e. The van der Waals surface area contributed by atoms with Gasteiger partial charge in [-0.1, -0.05) is 36.4 Å². The van der Waals surface area contributed by atoms with Crippen molar-refractivity contribution < 1.29 is 28.7 Å². The number of aromatic carboxylic acids is 1. The zero-order valence-corrected chi connectivity index (χ0v) is 16.6. The Morgan fingerprint density at radius 2 is 1.50 bits per heavy atom. The SMILES string of the molecule is O=C(O)c1ccccc1[C@H]1[C@@H]2C(=O)N(c3ccc(F)cc3)C(=O)[C@@H]2ON1c1ccccc1. The minimum atomic E-state index is -1.15. The molecule has 2 aliphatic rings. The molecule has 0 bridgehead atoms. The molecular formula is C24H17FN2O5. The van der Waals surface area contributed by atoms with Crippen LogP contribution >= 0.6 is 0 Å². The first-order chi connectivity index (χ1) is 15.5. The van der Waals surface area contributed by atoms with Crippen molar-refractivity contribution in [1.82, 2.24) is 0 Å². The van der Waals surface area contributed by atoms with Crippen LogP contribution < -0.4 is 9.96 Å². The molecular weight excluding hydrogens is 415 g/mol. The van der Waals surface area contributed by atoms with Gasteiger partial charge in [0.25, 0.3) is 5.91 Å². The third kappa shape index (κ3) is 3.04. The van der Waals surface area contributed by atoms with Gasteiger partial charge in [-0.25, -0.2) is 19.1 Å². The molecule has 8 heteroatoms. The summed E-state index contributed by atoms with van der Waals surface area (Å²) in [4.78, 5) is 45.6. The number of fused-ring (bicyclic) bond motifs is 1. The molecule has 2 fully saturated rings. The highest BCUT2D eigenvalue weighted by Crippen LogP contribution is 2.48. The third-order valence-corrected chi connectivity index (χ3v) is 5.72. The van der Waals surface area contributed by atoms with E-state index in [1.165, 1.54) is 35.4 Å². The molecule has 0 spiro atoms. The van der Waals surface area contributed by atoms with Crippen molar-refractivity contribution in [3.8, 4) is 0 Å². The van der Waals surface area contributed by atoms with Gasteiger partial charge in [0.05, 0.1) is 23.0 Å². The second-order valence-electron chi connectivity index (χ2n) is 7.54. The lowest BCUT2D eigenvalue weighted by molar-refractivity contribution is -0.126. The van der Waals surface area contributed by atoms with E-state index in [1.54, 1.807) is 42.5 Å². The molecule has 3 atom stereocenters. The number of imide groups is 1. The summed E-state index contributed by atoms with van der Waals surface area (Å²) in [5.74, 6) is -3.73. The summed E-state index contributed by atoms with van der Waals surface area (Å²) in [6.45, 7) is 0. The number of halogens is 1. The van der Waals surface area contributed by atoms with Crippen LogP contribution in [0.1, 0.15) is 22.0 Å². The topological polar surface area (TPSA) is 87.2 Å². The van der Waals surface area contributed by atoms with Crippen LogP contribution in [0.5, 0.6) is 0 Å². The number of amides is 2. The van der Waals surface area contributed by atoms with Crippen molar-refractivity contribution in [2.45, 2.75) is 12.1 Å². The van der Waals surface area contributed by atoms with Crippen LogP contribution in [0.15, 0.2) is 78.9 Å². The lowest BCUT2D eigenvalue weighted by atomic mass is 9.88. The number of benzene rings is 3. The van der Waals surface area contributed by atoms with Gasteiger partial charge in [0.1, 0.15) is 11.7 Å². The van der Waals surface area contributed by atoms with Gasteiger partial charge < -0.3 is 5.11 Å². The molecule has 2 saturated heterocycles. The summed E-state index contributed by atoms with van der Waals surface area (Å²) in [7, 11) is 0. The number of carboxylic acid groups (broad SMARTS) is 1. The van der Waals surface area contributed by atoms with Crippen LogP contribution in [-0.2, 0) is 14.4 Å². The fraction of sp³-hybridized carbons (Fsp3) is 0.125. The molecule has 2 heterocycles. The van der Waals surface area contributed by atoms with Crippen molar-refractivity contribution in [3.05, 3.63) is 95.8 Å². The summed E-state index contributed by atoms with van der Waals surface area (Å²) in [6.07, 6.45) is -1.14. The van der Waals surface area contributed by atoms with Gasteiger partial charge in [0.2, 0.25) is 5.91 Å². The van der Waals surface area contributed by atoms with E-state index in [1.807, 2.05) is 6.07 Å². The van der Waals surface area contributed by atoms with Crippen LogP contribution in [0.2, 0.25) is 0 Å². The number of nitrogens with zero attached hydrogens (tertiary/aromatic N) is 2. The summed E-state index contributed by atoms with van der Waals surface area (Å²) in [6, 6.07) is 19.4. The number of carbonyl (C=O) groups is 3. The van der Waals surface area contributed by atoms with E-state index in [-0.39, 0.29) is 11.3 Å². The number of carbonyl (C=O) groups excluding carboxylic acids is 2. The van der Waals surface area contributed by atoms with Crippen molar-refractivity contribution >= 4 is 29.2 Å². The lowest BCUT2D eigenvalue weighted by Gasteiger charge is -2.29. The molecule has 0 saturated carbocycles. The Bertz CT molecular complexity index is 1210. The second kappa shape index (κ2) is 7.58. The molecule has 3 aromatic rings. The largest absolute Gasteiger partial charge is 0.478 e. The van der Waals surface area contributed by atoms with Crippen molar-refractivity contribution in [2.24, 2.45) is 5.92 Å². The Morgan fingerprint density at radius 3 is 2.19 bits per heavy atom. The minimum Gasteiger partial charge on any atom is -0.478 e. The molecule has 7 nitrogen and oxygen atoms in total. The Kier molecular flexibility index (Phi) is 4.71. The van der Waals surface area contributed by atoms with Crippen LogP contribution in [-0.4, -0.2) is 29.0 Å². The Morgan fingerprint density at radius 1 is 0.844 bits per heavy atom. The van der Waals surface area contributed by atoms with Gasteiger partial charge in [-0.3, -0.25) is 14.4 Å². The molecule has 2 amide bonds. The lowest BCUT2D eigenvalue weighted by Crippen LogP contribution is -2.37. The Hall–Kier alpha value is -4.04. The summed E-state index contributed by atoms with van der Waals surface area (Å²) < 4.78 is 13.4. The summed E-state index contributed by atoms with van der Waals surface area (Å²) >= 11 is 0. The molecule has 0 aromatic heterocycles. The van der Waals surface area contributed by atoms with E-state index in [0.717, 1.165) is 4.90 Å². The normalized spacial score (nSPS) is 22.3. The predicted octanol–water partition coefficient (Wildman–Crippen LogP) is 3.58. The number of anilines is 2. The summed E-state index contributed by atoms with van der Waals surface area (Å²) in [5.41, 5.74) is 1.19. The minimum absolute atomic E-state index is 0.0168. The number of hydrogen-bond donors (Lipinski definition) is 1. The molecule has 0 radical (unpaired) electrons. The van der Waals surface area contributed by atoms with E-state index in [0.29, 0.717) is 11.3 Å². The average molecular weight is 432 g/mol. The second-order valence-corrected chi connectivity index (χ2v) is 7.54. The van der Waals surface area contributed by atoms with Crippen molar-refractivity contribution in [2.75, 3.05) is 9.96 Å². The van der Waals surface area contributed by atoms with Gasteiger partial charge in [-0.2, -0.15) is 0 Å². The fourth-order valence-corrected chi connectivity index (χ4v) is 4.32. The van der Waals surface area contributed by atoms with Crippen LogP contribution in [0.4, 0.5) is 15.8 Å². The van der Waals surface area contributed by atoms with Gasteiger partial charge in [0, 0.05) is 0 Å². The zero-order valence-electron chi connectivity index (χ0n) is 16.6. The van der Waals surface area contributed by atoms with Gasteiger partial charge in [0.15, 0.2) is 6.10 Å². The van der Waals surface area contributed by atoms with Crippen LogP contribution in [0.25, 0.3) is 0 Å². The quantitative estimate of drug-likeness (QED) is 0.635. The van der Waals surface area contributed by atoms with Gasteiger partial charge in [-0.05, 0) is 48.0 Å². The Balaban J connectivity index is 1.63. The van der Waals surface area contributed by atoms with E-state index in [2.05, 4.69) is 0 Å². The molecule has 0 unspecified atom stereocenters. The number of para-hydroxylation sites is 1. The highest BCUT2D eigenvalue weighted by atomic mass is 19.1. The highest BCUT2D eigenvalue weighted by molar-refractivity contribution is 6.24. The maximum Gasteiger partial charge on any atom is 0.336 e. The Labute approximate surface area is 182 Å². The van der Waals surface area contributed by atoms with E-state index >= 15 is 0 Å². The van der Waals surface area contributed by atoms with Gasteiger partial charge in [-0.15, -0.1) is 0 Å². The van der Waals surface area contributed by atoms with Crippen LogP contribution in [0, 0.1) is 11.7 Å². The number of carboxylic acids is 1. The average Bonchev–Trinajstić information content (AvgIpc) is 3.31. The first-order valence-electron chi connectivity index (χ1n) is 9.94. The fourth-order valence-electron chi connectivity index (χ4n) is 4.32. The third-order valence-electron chi connectivity index (χ3n) is 5.72. The molecule has 1 N–H and O–H groups in total. The highest BCUT2D eigenvalue weighted by Gasteiger charge is 2.60. The van der Waals surface area contributed by atoms with Crippen LogP contribution in [0.3, 0.4) is 0 Å². The van der Waals surface area contributed by atoms with Crippen molar-refractivity contribution in [1.29, 1.82) is 0 Å². The molecule has 3 aromatic carbocycles. The first kappa shape index (κ1) is 19.9. The zero-order chi connectivity index (χ0) is 22.4. The van der Waals surface area contributed by atoms with E-state index < -0.39 is 41.7 Å². The molecule has 5 rings (SSSR count). The standard InChI is InChI=1S/C24H17FN2O5/c25-14-10-12-15(13-11-14)26-22(28)19-20(17-8-4-5-9-18(17)24(30)31)27(32-21(19)23(26)29)16-6-2-1-3-7-16/h1-13,19-21H,(H,30,31)/t19-,20-,21+/m0/s1. The molecule has 2 aliphatic heterocycles. The molecule has 0 aliphatic carbocycles. The number of rotatable bonds is 4. The molecule has 160 valence electrons. The molecule has 32 heavy (non-hydrogen) atoms. The predicted molar refractivity (Wildman–Crippen MR) is 112 cm³/mol.